The van der Waals surface area contributed by atoms with Gasteiger partial charge in [-0.05, 0) is 24.3 Å². The normalized spacial score (nSPS) is 16.5. The van der Waals surface area contributed by atoms with Crippen LogP contribution in [0.3, 0.4) is 0 Å². The molecule has 0 fully saturated rings. The highest BCUT2D eigenvalue weighted by atomic mass is 19.1. The minimum Gasteiger partial charge on any atom is -0.340 e. The number of halogens is 1. The third-order valence-electron chi connectivity index (χ3n) is 2.93. The lowest BCUT2D eigenvalue weighted by Gasteiger charge is -1.98. The van der Waals surface area contributed by atoms with Crippen molar-refractivity contribution < 1.29 is 9.18 Å². The van der Waals surface area contributed by atoms with Gasteiger partial charge in [-0.3, -0.25) is 4.79 Å². The van der Waals surface area contributed by atoms with E-state index in [-0.39, 0.29) is 11.6 Å². The Morgan fingerprint density at radius 2 is 2.00 bits per heavy atom. The van der Waals surface area contributed by atoms with Crippen LogP contribution in [0.2, 0.25) is 0 Å². The number of hydrogen-bond acceptors (Lipinski definition) is 1. The summed E-state index contributed by atoms with van der Waals surface area (Å²) in [6, 6.07) is 10.1. The Morgan fingerprint density at radius 3 is 2.76 bits per heavy atom. The Labute approximate surface area is 98.0 Å². The maximum atomic E-state index is 13.5. The van der Waals surface area contributed by atoms with Gasteiger partial charge in [0, 0.05) is 17.3 Å². The Bertz CT molecular complexity index is 625. The first-order valence-electron chi connectivity index (χ1n) is 5.40. The molecule has 2 nitrogen and oxygen atoms in total. The van der Waals surface area contributed by atoms with Gasteiger partial charge >= 0.3 is 0 Å². The molecule has 2 heterocycles. The fourth-order valence-corrected chi connectivity index (χ4v) is 2.07. The molecule has 17 heavy (non-hydrogen) atoms. The largest absolute Gasteiger partial charge is 0.340 e. The molecule has 2 aromatic rings. The van der Waals surface area contributed by atoms with Crippen LogP contribution < -0.4 is 0 Å². The van der Waals surface area contributed by atoms with Crippen molar-refractivity contribution in [2.75, 3.05) is 0 Å². The maximum absolute atomic E-state index is 13.5. The van der Waals surface area contributed by atoms with E-state index in [0.29, 0.717) is 23.4 Å². The highest BCUT2D eigenvalue weighted by Crippen LogP contribution is 2.23. The number of fused-ring (bicyclic) bond motifs is 1. The summed E-state index contributed by atoms with van der Waals surface area (Å²) in [5.41, 5.74) is 1.76. The zero-order valence-corrected chi connectivity index (χ0v) is 9.06. The quantitative estimate of drug-likeness (QED) is 0.686. The van der Waals surface area contributed by atoms with Crippen LogP contribution in [-0.4, -0.2) is 10.4 Å². The molecule has 0 saturated carbocycles. The molecule has 1 aliphatic heterocycles. The Balaban J connectivity index is 2.01. The second-order valence-electron chi connectivity index (χ2n) is 4.04. The molecule has 0 N–H and O–H groups in total. The summed E-state index contributed by atoms with van der Waals surface area (Å²) in [5, 5.41) is 0. The summed E-state index contributed by atoms with van der Waals surface area (Å²) < 4.78 is 15.3. The third kappa shape index (κ3) is 1.60. The minimum absolute atomic E-state index is 0.0155. The van der Waals surface area contributed by atoms with Crippen molar-refractivity contribution in [1.82, 2.24) is 4.57 Å². The van der Waals surface area contributed by atoms with Crippen molar-refractivity contribution in [2.45, 2.75) is 6.54 Å². The molecule has 0 spiro atoms. The van der Waals surface area contributed by atoms with Crippen molar-refractivity contribution in [3.8, 4) is 0 Å². The van der Waals surface area contributed by atoms with Gasteiger partial charge in [-0.1, -0.05) is 18.2 Å². The molecule has 0 aliphatic carbocycles. The van der Waals surface area contributed by atoms with E-state index in [1.807, 2.05) is 16.8 Å². The van der Waals surface area contributed by atoms with E-state index in [2.05, 4.69) is 0 Å². The monoisotopic (exact) mass is 227 g/mol. The van der Waals surface area contributed by atoms with Crippen molar-refractivity contribution in [1.29, 1.82) is 0 Å². The summed E-state index contributed by atoms with van der Waals surface area (Å²) in [6.07, 6.45) is 3.49. The van der Waals surface area contributed by atoms with Gasteiger partial charge in [-0.25, -0.2) is 4.39 Å². The highest BCUT2D eigenvalue weighted by molar-refractivity contribution is 6.12. The molecule has 3 heteroatoms. The number of ketones is 1. The van der Waals surface area contributed by atoms with Crippen LogP contribution in [-0.2, 0) is 6.54 Å². The van der Waals surface area contributed by atoms with Gasteiger partial charge in [0.2, 0.25) is 5.78 Å². The fourth-order valence-electron chi connectivity index (χ4n) is 2.07. The van der Waals surface area contributed by atoms with Crippen LogP contribution in [0.1, 0.15) is 16.1 Å². The van der Waals surface area contributed by atoms with E-state index < -0.39 is 0 Å². The van der Waals surface area contributed by atoms with Gasteiger partial charge in [-0.15, -0.1) is 0 Å². The van der Waals surface area contributed by atoms with Gasteiger partial charge in [0.25, 0.3) is 0 Å². The van der Waals surface area contributed by atoms with E-state index in [4.69, 9.17) is 0 Å². The first kappa shape index (κ1) is 10.0. The number of benzene rings is 1. The number of carbonyl (C=O) groups excluding carboxylic acids is 1. The Morgan fingerprint density at radius 1 is 1.18 bits per heavy atom. The molecule has 0 atom stereocenters. The van der Waals surface area contributed by atoms with E-state index in [1.54, 1.807) is 30.3 Å². The lowest BCUT2D eigenvalue weighted by atomic mass is 10.1. The molecule has 3 rings (SSSR count). The summed E-state index contributed by atoms with van der Waals surface area (Å²) in [5.74, 6) is -0.317. The molecular formula is C14H10FNO. The van der Waals surface area contributed by atoms with Crippen LogP contribution in [0.4, 0.5) is 4.39 Å². The number of nitrogens with zero attached hydrogens (tertiary/aromatic N) is 1. The number of Topliss-reactive ketones (excluding diaryl/α,β-unsaturated/α-hetero) is 1. The summed E-state index contributed by atoms with van der Waals surface area (Å²) in [7, 11) is 0. The van der Waals surface area contributed by atoms with Gasteiger partial charge < -0.3 is 4.57 Å². The van der Waals surface area contributed by atoms with E-state index in [9.17, 15) is 9.18 Å². The predicted molar refractivity (Wildman–Crippen MR) is 63.1 cm³/mol. The van der Waals surface area contributed by atoms with Crippen molar-refractivity contribution in [3.05, 3.63) is 65.2 Å². The molecule has 0 saturated heterocycles. The average molecular weight is 227 g/mol. The second kappa shape index (κ2) is 3.70. The fraction of sp³-hybridized carbons (Fsp3) is 0.0714. The molecule has 1 aromatic carbocycles. The first-order chi connectivity index (χ1) is 8.25. The Hall–Kier alpha value is -2.16. The van der Waals surface area contributed by atoms with E-state index >= 15 is 0 Å². The molecule has 0 amide bonds. The maximum Gasteiger partial charge on any atom is 0.207 e. The van der Waals surface area contributed by atoms with E-state index in [1.165, 1.54) is 6.07 Å². The molecular weight excluding hydrogens is 217 g/mol. The van der Waals surface area contributed by atoms with Gasteiger partial charge in [0.1, 0.15) is 5.82 Å². The van der Waals surface area contributed by atoms with E-state index in [0.717, 1.165) is 0 Å². The Kier molecular flexibility index (Phi) is 2.18. The lowest BCUT2D eigenvalue weighted by molar-refractivity contribution is 0.103. The van der Waals surface area contributed by atoms with Gasteiger partial charge in [0.05, 0.1) is 12.2 Å². The first-order valence-corrected chi connectivity index (χ1v) is 5.40. The summed E-state index contributed by atoms with van der Waals surface area (Å²) in [6.45, 7) is 0.523. The second-order valence-corrected chi connectivity index (χ2v) is 4.04. The zero-order chi connectivity index (χ0) is 11.8. The standard InChI is InChI=1S/C14H10FNO/c15-12-5-2-1-4-10(12)8-11-9-16-7-3-6-13(16)14(11)17/h1-8H,9H2. The van der Waals surface area contributed by atoms with Crippen LogP contribution in [0.15, 0.2) is 48.2 Å². The zero-order valence-electron chi connectivity index (χ0n) is 9.06. The molecule has 84 valence electrons. The van der Waals surface area contributed by atoms with Crippen LogP contribution in [0.5, 0.6) is 0 Å². The van der Waals surface area contributed by atoms with Crippen molar-refractivity contribution >= 4 is 11.9 Å². The molecule has 1 aliphatic rings. The van der Waals surface area contributed by atoms with Crippen LogP contribution in [0, 0.1) is 5.82 Å². The number of aromatic nitrogens is 1. The molecule has 1 aromatic heterocycles. The number of rotatable bonds is 1. The summed E-state index contributed by atoms with van der Waals surface area (Å²) >= 11 is 0. The minimum atomic E-state index is -0.301. The molecule has 0 radical (unpaired) electrons. The predicted octanol–water partition coefficient (Wildman–Crippen LogP) is 2.91. The smallest absolute Gasteiger partial charge is 0.207 e. The number of carbonyl (C=O) groups is 1. The summed E-state index contributed by atoms with van der Waals surface area (Å²) in [4.78, 5) is 12.0. The third-order valence-corrected chi connectivity index (χ3v) is 2.93. The van der Waals surface area contributed by atoms with Gasteiger partial charge in [-0.2, -0.15) is 0 Å². The highest BCUT2D eigenvalue weighted by Gasteiger charge is 2.23. The lowest BCUT2D eigenvalue weighted by Crippen LogP contribution is -1.95. The number of hydrogen-bond donors (Lipinski definition) is 0. The van der Waals surface area contributed by atoms with Crippen molar-refractivity contribution in [3.63, 3.8) is 0 Å². The number of allylic oxidation sites excluding steroid dienone is 1. The molecule has 0 bridgehead atoms. The van der Waals surface area contributed by atoms with Gasteiger partial charge in [0.15, 0.2) is 0 Å². The topological polar surface area (TPSA) is 22.0 Å². The van der Waals surface area contributed by atoms with Crippen LogP contribution >= 0.6 is 0 Å². The average Bonchev–Trinajstić information content (AvgIpc) is 2.87. The van der Waals surface area contributed by atoms with Crippen LogP contribution in [0.25, 0.3) is 6.08 Å². The molecule has 0 unspecified atom stereocenters. The SMILES string of the molecule is O=C1C(=Cc2ccccc2F)Cn2cccc21. The van der Waals surface area contributed by atoms with Crippen molar-refractivity contribution in [2.24, 2.45) is 0 Å².